The van der Waals surface area contributed by atoms with Gasteiger partial charge in [0.15, 0.2) is 0 Å². The van der Waals surface area contributed by atoms with Crippen LogP contribution in [0.4, 0.5) is 23.0 Å². The normalized spacial score (nSPS) is 15.2. The molecular formula is C22H23N5O. The fourth-order valence-corrected chi connectivity index (χ4v) is 3.50. The van der Waals surface area contributed by atoms with Crippen LogP contribution in [-0.4, -0.2) is 36.0 Å². The van der Waals surface area contributed by atoms with E-state index in [4.69, 9.17) is 0 Å². The lowest BCUT2D eigenvalue weighted by molar-refractivity contribution is 0.102. The number of aromatic nitrogens is 2. The van der Waals surface area contributed by atoms with Gasteiger partial charge >= 0.3 is 0 Å². The molecule has 4 rings (SSSR count). The Bertz CT molecular complexity index is 1000. The van der Waals surface area contributed by atoms with Crippen molar-refractivity contribution in [3.8, 4) is 0 Å². The first-order chi connectivity index (χ1) is 13.5. The number of fused-ring (bicyclic) bond motifs is 1. The van der Waals surface area contributed by atoms with Gasteiger partial charge in [-0.15, -0.1) is 0 Å². The largest absolute Gasteiger partial charge is 0.378 e. The zero-order valence-corrected chi connectivity index (χ0v) is 16.3. The van der Waals surface area contributed by atoms with E-state index < -0.39 is 0 Å². The quantitative estimate of drug-likeness (QED) is 0.752. The Balaban J connectivity index is 1.56. The molecule has 142 valence electrons. The molecule has 1 N–H and O–H groups in total. The number of carbonyl (C=O) groups is 1. The van der Waals surface area contributed by atoms with Crippen LogP contribution in [0.3, 0.4) is 0 Å². The number of amides is 1. The summed E-state index contributed by atoms with van der Waals surface area (Å²) in [4.78, 5) is 25.8. The molecule has 0 bridgehead atoms. The average molecular weight is 373 g/mol. The van der Waals surface area contributed by atoms with Crippen molar-refractivity contribution in [3.05, 3.63) is 72.1 Å². The summed E-state index contributed by atoms with van der Waals surface area (Å²) in [5.74, 6) is 0.300. The monoisotopic (exact) mass is 373 g/mol. The fraction of sp³-hybridized carbons (Fsp3) is 0.227. The average Bonchev–Trinajstić information content (AvgIpc) is 3.04. The van der Waals surface area contributed by atoms with Crippen LogP contribution < -0.4 is 15.1 Å². The van der Waals surface area contributed by atoms with Crippen LogP contribution in [0.5, 0.6) is 0 Å². The summed E-state index contributed by atoms with van der Waals surface area (Å²) < 4.78 is 0. The predicted octanol–water partition coefficient (Wildman–Crippen LogP) is 3.88. The molecule has 1 aliphatic heterocycles. The molecule has 1 atom stereocenters. The molecule has 0 saturated carbocycles. The van der Waals surface area contributed by atoms with Crippen molar-refractivity contribution in [2.75, 3.05) is 29.2 Å². The van der Waals surface area contributed by atoms with E-state index in [1.54, 1.807) is 12.3 Å². The van der Waals surface area contributed by atoms with Crippen molar-refractivity contribution in [2.24, 2.45) is 0 Å². The van der Waals surface area contributed by atoms with Gasteiger partial charge in [0.05, 0.1) is 0 Å². The molecule has 2 aromatic carbocycles. The topological polar surface area (TPSA) is 61.4 Å². The van der Waals surface area contributed by atoms with Gasteiger partial charge in [0.1, 0.15) is 5.69 Å². The van der Waals surface area contributed by atoms with E-state index in [0.717, 1.165) is 23.5 Å². The fourth-order valence-electron chi connectivity index (χ4n) is 3.50. The Morgan fingerprint density at radius 1 is 1.11 bits per heavy atom. The summed E-state index contributed by atoms with van der Waals surface area (Å²) in [6.07, 6.45) is 2.58. The highest BCUT2D eigenvalue weighted by atomic mass is 16.1. The number of para-hydroxylation sites is 1. The highest BCUT2D eigenvalue weighted by molar-refractivity contribution is 6.03. The summed E-state index contributed by atoms with van der Waals surface area (Å²) in [7, 11) is 3.96. The zero-order chi connectivity index (χ0) is 19.7. The van der Waals surface area contributed by atoms with Gasteiger partial charge in [-0.2, -0.15) is 0 Å². The molecule has 1 aromatic heterocycles. The van der Waals surface area contributed by atoms with Gasteiger partial charge in [-0.3, -0.25) is 4.79 Å². The molecule has 2 heterocycles. The Kier molecular flexibility index (Phi) is 4.69. The number of anilines is 4. The van der Waals surface area contributed by atoms with Crippen LogP contribution >= 0.6 is 0 Å². The third-order valence-corrected chi connectivity index (χ3v) is 4.94. The minimum absolute atomic E-state index is 0.245. The van der Waals surface area contributed by atoms with Crippen molar-refractivity contribution >= 4 is 28.9 Å². The maximum Gasteiger partial charge on any atom is 0.274 e. The maximum atomic E-state index is 12.7. The summed E-state index contributed by atoms with van der Waals surface area (Å²) in [6.45, 7) is 2.14. The van der Waals surface area contributed by atoms with Crippen molar-refractivity contribution in [3.63, 3.8) is 0 Å². The summed E-state index contributed by atoms with van der Waals surface area (Å²) >= 11 is 0. The van der Waals surface area contributed by atoms with Crippen molar-refractivity contribution < 1.29 is 4.79 Å². The molecule has 6 nitrogen and oxygen atoms in total. The van der Waals surface area contributed by atoms with Crippen LogP contribution in [-0.2, 0) is 6.42 Å². The van der Waals surface area contributed by atoms with E-state index in [1.165, 1.54) is 5.56 Å². The van der Waals surface area contributed by atoms with Crippen molar-refractivity contribution in [1.29, 1.82) is 0 Å². The molecule has 1 unspecified atom stereocenters. The van der Waals surface area contributed by atoms with Crippen LogP contribution in [0.1, 0.15) is 23.0 Å². The maximum absolute atomic E-state index is 12.7. The molecule has 6 heteroatoms. The molecule has 28 heavy (non-hydrogen) atoms. The Hall–Kier alpha value is -3.41. The van der Waals surface area contributed by atoms with Gasteiger partial charge in [-0.05, 0) is 55.3 Å². The first kappa shape index (κ1) is 18.0. The molecule has 0 aliphatic carbocycles. The van der Waals surface area contributed by atoms with Gasteiger partial charge in [-0.1, -0.05) is 18.2 Å². The lowest BCUT2D eigenvalue weighted by atomic mass is 10.1. The van der Waals surface area contributed by atoms with Gasteiger partial charge in [0.2, 0.25) is 5.95 Å². The van der Waals surface area contributed by atoms with Crippen LogP contribution in [0, 0.1) is 0 Å². The number of carbonyl (C=O) groups excluding carboxylic acids is 1. The minimum atomic E-state index is -0.249. The van der Waals surface area contributed by atoms with Gasteiger partial charge in [0, 0.05) is 43.4 Å². The van der Waals surface area contributed by atoms with Crippen LogP contribution in [0.25, 0.3) is 0 Å². The standard InChI is InChI=1S/C22H23N5O/c1-15-14-16-6-4-5-7-20(16)27(15)22-23-13-12-19(25-22)21(28)24-17-8-10-18(11-9-17)26(2)3/h4-13,15H,14H2,1-3H3,(H,24,28). The Labute approximate surface area is 164 Å². The summed E-state index contributed by atoms with van der Waals surface area (Å²) in [5, 5.41) is 2.91. The van der Waals surface area contributed by atoms with E-state index in [9.17, 15) is 4.79 Å². The number of benzene rings is 2. The highest BCUT2D eigenvalue weighted by Crippen LogP contribution is 2.36. The number of nitrogens with one attached hydrogen (secondary N) is 1. The summed E-state index contributed by atoms with van der Waals surface area (Å²) in [5.41, 5.74) is 4.53. The second-order valence-corrected chi connectivity index (χ2v) is 7.19. The van der Waals surface area contributed by atoms with E-state index in [1.807, 2.05) is 55.4 Å². The second kappa shape index (κ2) is 7.31. The highest BCUT2D eigenvalue weighted by Gasteiger charge is 2.29. The van der Waals surface area contributed by atoms with Crippen molar-refractivity contribution in [2.45, 2.75) is 19.4 Å². The zero-order valence-electron chi connectivity index (χ0n) is 16.3. The van der Waals surface area contributed by atoms with Gasteiger partial charge in [0.25, 0.3) is 5.91 Å². The van der Waals surface area contributed by atoms with E-state index in [2.05, 4.69) is 39.2 Å². The lowest BCUT2D eigenvalue weighted by Gasteiger charge is -2.22. The molecular weight excluding hydrogens is 350 g/mol. The lowest BCUT2D eigenvalue weighted by Crippen LogP contribution is -2.26. The van der Waals surface area contributed by atoms with Crippen molar-refractivity contribution in [1.82, 2.24) is 9.97 Å². The molecule has 1 aliphatic rings. The van der Waals surface area contributed by atoms with E-state index in [-0.39, 0.29) is 11.9 Å². The molecule has 3 aromatic rings. The predicted molar refractivity (Wildman–Crippen MR) is 113 cm³/mol. The molecule has 0 radical (unpaired) electrons. The number of hydrogen-bond acceptors (Lipinski definition) is 5. The van der Waals surface area contributed by atoms with E-state index in [0.29, 0.717) is 11.6 Å². The van der Waals surface area contributed by atoms with E-state index >= 15 is 0 Å². The second-order valence-electron chi connectivity index (χ2n) is 7.19. The van der Waals surface area contributed by atoms with Crippen LogP contribution in [0.15, 0.2) is 60.8 Å². The molecule has 0 saturated heterocycles. The van der Waals surface area contributed by atoms with Gasteiger partial charge < -0.3 is 15.1 Å². The third kappa shape index (κ3) is 3.41. The Morgan fingerprint density at radius 2 is 1.86 bits per heavy atom. The smallest absolute Gasteiger partial charge is 0.274 e. The summed E-state index contributed by atoms with van der Waals surface area (Å²) in [6, 6.07) is 17.8. The minimum Gasteiger partial charge on any atom is -0.378 e. The molecule has 1 amide bonds. The number of rotatable bonds is 4. The molecule has 0 fully saturated rings. The SMILES string of the molecule is CC1Cc2ccccc2N1c1nccc(C(=O)Nc2ccc(N(C)C)cc2)n1. The Morgan fingerprint density at radius 3 is 2.61 bits per heavy atom. The third-order valence-electron chi connectivity index (χ3n) is 4.94. The number of hydrogen-bond donors (Lipinski definition) is 1. The first-order valence-corrected chi connectivity index (χ1v) is 9.32. The van der Waals surface area contributed by atoms with Gasteiger partial charge in [-0.25, -0.2) is 9.97 Å². The van der Waals surface area contributed by atoms with Crippen LogP contribution in [0.2, 0.25) is 0 Å². The first-order valence-electron chi connectivity index (χ1n) is 9.32. The number of nitrogens with zero attached hydrogens (tertiary/aromatic N) is 4. The molecule has 0 spiro atoms.